The highest BCUT2D eigenvalue weighted by Crippen LogP contribution is 2.17. The zero-order valence-corrected chi connectivity index (χ0v) is 11.9. The number of nitrogens with one attached hydrogen (secondary N) is 3. The molecule has 0 spiro atoms. The molecule has 3 N–H and O–H groups in total. The monoisotopic (exact) mass is 279 g/mol. The molecule has 1 aromatic carbocycles. The molecule has 20 heavy (non-hydrogen) atoms. The van der Waals surface area contributed by atoms with Crippen LogP contribution >= 0.6 is 0 Å². The van der Waals surface area contributed by atoms with E-state index in [0.717, 1.165) is 13.0 Å². The standard InChI is InChI=1S/C14H21N3O3/c1-15-8-4-7-13(18)17-11-5-3-6-12(9-11)20-10-14(19)16-2/h3,5-6,9,15H,4,7-8,10H2,1-2H3,(H,16,19)(H,17,18). The first-order chi connectivity index (χ1) is 9.65. The predicted octanol–water partition coefficient (Wildman–Crippen LogP) is 0.749. The number of likely N-dealkylation sites (N-methyl/N-ethyl adjacent to an activating group) is 1. The normalized spacial score (nSPS) is 9.90. The lowest BCUT2D eigenvalue weighted by Gasteiger charge is -2.08. The van der Waals surface area contributed by atoms with Crippen LogP contribution in [-0.4, -0.2) is 39.1 Å². The number of ether oxygens (including phenoxy) is 1. The zero-order chi connectivity index (χ0) is 14.8. The highest BCUT2D eigenvalue weighted by Gasteiger charge is 2.04. The molecule has 6 nitrogen and oxygen atoms in total. The first-order valence-corrected chi connectivity index (χ1v) is 6.53. The minimum absolute atomic E-state index is 0.0382. The van der Waals surface area contributed by atoms with Crippen molar-refractivity contribution in [3.63, 3.8) is 0 Å². The third kappa shape index (κ3) is 6.19. The minimum atomic E-state index is -0.202. The number of benzene rings is 1. The van der Waals surface area contributed by atoms with Crippen molar-refractivity contribution in [1.82, 2.24) is 10.6 Å². The molecule has 6 heteroatoms. The molecule has 0 saturated heterocycles. The van der Waals surface area contributed by atoms with Gasteiger partial charge in [-0.05, 0) is 32.1 Å². The number of rotatable bonds is 8. The third-order valence-corrected chi connectivity index (χ3v) is 2.60. The molecule has 0 fully saturated rings. The lowest BCUT2D eigenvalue weighted by Crippen LogP contribution is -2.24. The van der Waals surface area contributed by atoms with Gasteiger partial charge in [-0.15, -0.1) is 0 Å². The Hall–Kier alpha value is -2.08. The second-order valence-corrected chi connectivity index (χ2v) is 4.24. The molecule has 2 amide bonds. The molecule has 0 aromatic heterocycles. The van der Waals surface area contributed by atoms with Crippen LogP contribution in [-0.2, 0) is 9.59 Å². The Bertz CT molecular complexity index is 449. The molecule has 0 unspecified atom stereocenters. The SMILES string of the molecule is CNCCCC(=O)Nc1cccc(OCC(=O)NC)c1. The maximum atomic E-state index is 11.7. The van der Waals surface area contributed by atoms with Crippen LogP contribution in [0.25, 0.3) is 0 Å². The van der Waals surface area contributed by atoms with Crippen LogP contribution in [0.4, 0.5) is 5.69 Å². The van der Waals surface area contributed by atoms with Crippen LogP contribution in [0.2, 0.25) is 0 Å². The fraction of sp³-hybridized carbons (Fsp3) is 0.429. The lowest BCUT2D eigenvalue weighted by atomic mass is 10.2. The van der Waals surface area contributed by atoms with Crippen molar-refractivity contribution in [2.45, 2.75) is 12.8 Å². The Morgan fingerprint density at radius 1 is 1.20 bits per heavy atom. The molecule has 0 atom stereocenters. The Morgan fingerprint density at radius 3 is 2.70 bits per heavy atom. The molecule has 0 radical (unpaired) electrons. The van der Waals surface area contributed by atoms with Gasteiger partial charge in [-0.3, -0.25) is 9.59 Å². The van der Waals surface area contributed by atoms with Gasteiger partial charge < -0.3 is 20.7 Å². The average Bonchev–Trinajstić information content (AvgIpc) is 2.45. The summed E-state index contributed by atoms with van der Waals surface area (Å²) in [6, 6.07) is 6.98. The van der Waals surface area contributed by atoms with Crippen LogP contribution in [0.1, 0.15) is 12.8 Å². The molecule has 0 aliphatic rings. The van der Waals surface area contributed by atoms with E-state index in [4.69, 9.17) is 4.74 Å². The summed E-state index contributed by atoms with van der Waals surface area (Å²) >= 11 is 0. The molecule has 0 heterocycles. The number of carbonyl (C=O) groups excluding carboxylic acids is 2. The van der Waals surface area contributed by atoms with E-state index in [0.29, 0.717) is 17.9 Å². The first kappa shape index (κ1) is 16.0. The Labute approximate surface area is 118 Å². The number of amides is 2. The molecule has 0 aliphatic heterocycles. The molecular weight excluding hydrogens is 258 g/mol. The first-order valence-electron chi connectivity index (χ1n) is 6.53. The van der Waals surface area contributed by atoms with E-state index in [9.17, 15) is 9.59 Å². The second-order valence-electron chi connectivity index (χ2n) is 4.24. The molecule has 0 aliphatic carbocycles. The summed E-state index contributed by atoms with van der Waals surface area (Å²) in [6.45, 7) is 0.763. The predicted molar refractivity (Wildman–Crippen MR) is 77.8 cm³/mol. The van der Waals surface area contributed by atoms with Gasteiger partial charge in [0.1, 0.15) is 5.75 Å². The number of anilines is 1. The topological polar surface area (TPSA) is 79.5 Å². The fourth-order valence-electron chi connectivity index (χ4n) is 1.53. The van der Waals surface area contributed by atoms with Gasteiger partial charge in [0.25, 0.3) is 5.91 Å². The van der Waals surface area contributed by atoms with Crippen molar-refractivity contribution < 1.29 is 14.3 Å². The van der Waals surface area contributed by atoms with Gasteiger partial charge in [0.2, 0.25) is 5.91 Å². The van der Waals surface area contributed by atoms with Gasteiger partial charge in [0.15, 0.2) is 6.61 Å². The summed E-state index contributed by atoms with van der Waals surface area (Å²) in [7, 11) is 3.40. The summed E-state index contributed by atoms with van der Waals surface area (Å²) in [5, 5.41) is 8.26. The fourth-order valence-corrected chi connectivity index (χ4v) is 1.53. The summed E-state index contributed by atoms with van der Waals surface area (Å²) < 4.78 is 5.31. The molecular formula is C14H21N3O3. The van der Waals surface area contributed by atoms with Crippen molar-refractivity contribution >= 4 is 17.5 Å². The van der Waals surface area contributed by atoms with E-state index < -0.39 is 0 Å². The van der Waals surface area contributed by atoms with Crippen molar-refractivity contribution in [1.29, 1.82) is 0 Å². The van der Waals surface area contributed by atoms with Crippen LogP contribution in [0.15, 0.2) is 24.3 Å². The van der Waals surface area contributed by atoms with Crippen LogP contribution in [0, 0.1) is 0 Å². The van der Waals surface area contributed by atoms with E-state index in [2.05, 4.69) is 16.0 Å². The third-order valence-electron chi connectivity index (χ3n) is 2.60. The second kappa shape index (κ2) is 8.92. The van der Waals surface area contributed by atoms with Gasteiger partial charge in [-0.1, -0.05) is 6.07 Å². The van der Waals surface area contributed by atoms with E-state index in [1.807, 2.05) is 7.05 Å². The van der Waals surface area contributed by atoms with Crippen LogP contribution < -0.4 is 20.7 Å². The summed E-state index contributed by atoms with van der Waals surface area (Å²) in [6.07, 6.45) is 1.25. The molecule has 1 aromatic rings. The van der Waals surface area contributed by atoms with Crippen LogP contribution in [0.5, 0.6) is 5.75 Å². The smallest absolute Gasteiger partial charge is 0.257 e. The van der Waals surface area contributed by atoms with E-state index >= 15 is 0 Å². The Balaban J connectivity index is 2.46. The summed E-state index contributed by atoms with van der Waals surface area (Å²) in [4.78, 5) is 22.7. The van der Waals surface area contributed by atoms with Crippen molar-refractivity contribution in [3.8, 4) is 5.75 Å². The maximum absolute atomic E-state index is 11.7. The number of hydrogen-bond donors (Lipinski definition) is 3. The van der Waals surface area contributed by atoms with Gasteiger partial charge in [-0.2, -0.15) is 0 Å². The lowest BCUT2D eigenvalue weighted by molar-refractivity contribution is -0.122. The molecule has 1 rings (SSSR count). The van der Waals surface area contributed by atoms with E-state index in [1.54, 1.807) is 31.3 Å². The number of carbonyl (C=O) groups is 2. The van der Waals surface area contributed by atoms with Gasteiger partial charge in [0, 0.05) is 25.2 Å². The summed E-state index contributed by atoms with van der Waals surface area (Å²) in [5.74, 6) is 0.303. The molecule has 0 bridgehead atoms. The Morgan fingerprint density at radius 2 is 2.00 bits per heavy atom. The minimum Gasteiger partial charge on any atom is -0.484 e. The maximum Gasteiger partial charge on any atom is 0.257 e. The molecule has 0 saturated carbocycles. The summed E-state index contributed by atoms with van der Waals surface area (Å²) in [5.41, 5.74) is 0.661. The molecule has 110 valence electrons. The quantitative estimate of drug-likeness (QED) is 0.614. The Kier molecular flexibility index (Phi) is 7.13. The van der Waals surface area contributed by atoms with E-state index in [1.165, 1.54) is 0 Å². The largest absolute Gasteiger partial charge is 0.484 e. The van der Waals surface area contributed by atoms with E-state index in [-0.39, 0.29) is 18.4 Å². The average molecular weight is 279 g/mol. The van der Waals surface area contributed by atoms with Crippen molar-refractivity contribution in [2.75, 3.05) is 32.6 Å². The van der Waals surface area contributed by atoms with Gasteiger partial charge in [0.05, 0.1) is 0 Å². The van der Waals surface area contributed by atoms with Crippen molar-refractivity contribution in [2.24, 2.45) is 0 Å². The van der Waals surface area contributed by atoms with Crippen molar-refractivity contribution in [3.05, 3.63) is 24.3 Å². The highest BCUT2D eigenvalue weighted by atomic mass is 16.5. The van der Waals surface area contributed by atoms with Crippen LogP contribution in [0.3, 0.4) is 0 Å². The highest BCUT2D eigenvalue weighted by molar-refractivity contribution is 5.90. The number of hydrogen-bond acceptors (Lipinski definition) is 4. The van der Waals surface area contributed by atoms with Gasteiger partial charge in [-0.25, -0.2) is 0 Å². The van der Waals surface area contributed by atoms with Gasteiger partial charge >= 0.3 is 0 Å². The zero-order valence-electron chi connectivity index (χ0n) is 11.9.